The van der Waals surface area contributed by atoms with E-state index in [1.54, 1.807) is 0 Å². The lowest BCUT2D eigenvalue weighted by Gasteiger charge is -2.51. The first-order chi connectivity index (χ1) is 8.70. The first kappa shape index (κ1) is 12.9. The van der Waals surface area contributed by atoms with Crippen LogP contribution in [0.25, 0.3) is 0 Å². The van der Waals surface area contributed by atoms with Gasteiger partial charge in [-0.3, -0.25) is 4.90 Å². The highest BCUT2D eigenvalue weighted by Crippen LogP contribution is 2.44. The molecule has 3 heteroatoms. The first-order valence-electron chi connectivity index (χ1n) is 7.89. The van der Waals surface area contributed by atoms with Crippen LogP contribution in [0.5, 0.6) is 0 Å². The fraction of sp³-hybridized carbons (Fsp3) is 1.00. The summed E-state index contributed by atoms with van der Waals surface area (Å²) in [6, 6.07) is 2.40. The first-order valence-corrected chi connectivity index (χ1v) is 7.89. The molecule has 2 N–H and O–H groups in total. The molecule has 0 spiro atoms. The Morgan fingerprint density at radius 3 is 2.39 bits per heavy atom. The van der Waals surface area contributed by atoms with Crippen LogP contribution in [0.4, 0.5) is 0 Å². The molecule has 0 saturated carbocycles. The van der Waals surface area contributed by atoms with Gasteiger partial charge in [-0.05, 0) is 58.5 Å². The molecule has 0 radical (unpaired) electrons. The Morgan fingerprint density at radius 1 is 1.17 bits per heavy atom. The molecule has 0 aromatic rings. The number of hydrogen-bond donors (Lipinski definition) is 1. The minimum absolute atomic E-state index is 0.329. The zero-order valence-electron chi connectivity index (χ0n) is 12.1. The number of fused-ring (bicyclic) bond motifs is 2. The Morgan fingerprint density at radius 2 is 1.83 bits per heavy atom. The monoisotopic (exact) mass is 251 g/mol. The van der Waals surface area contributed by atoms with Crippen LogP contribution in [-0.4, -0.2) is 53.6 Å². The second-order valence-corrected chi connectivity index (χ2v) is 6.78. The second-order valence-electron chi connectivity index (χ2n) is 6.78. The molecule has 18 heavy (non-hydrogen) atoms. The lowest BCUT2D eigenvalue weighted by Crippen LogP contribution is -2.62. The van der Waals surface area contributed by atoms with Crippen molar-refractivity contribution in [1.29, 1.82) is 0 Å². The van der Waals surface area contributed by atoms with Crippen molar-refractivity contribution in [3.05, 3.63) is 0 Å². The Labute approximate surface area is 112 Å². The molecule has 3 unspecified atom stereocenters. The molecule has 3 heterocycles. The summed E-state index contributed by atoms with van der Waals surface area (Å²) in [5, 5.41) is 0. The summed E-state index contributed by atoms with van der Waals surface area (Å²) in [4.78, 5) is 5.44. The van der Waals surface area contributed by atoms with E-state index >= 15 is 0 Å². The van der Waals surface area contributed by atoms with Crippen LogP contribution in [-0.2, 0) is 0 Å². The van der Waals surface area contributed by atoms with Crippen molar-refractivity contribution in [3.63, 3.8) is 0 Å². The molecule has 0 aliphatic carbocycles. The molecule has 3 rings (SSSR count). The summed E-state index contributed by atoms with van der Waals surface area (Å²) in [6.07, 6.45) is 9.49. The summed E-state index contributed by atoms with van der Waals surface area (Å²) >= 11 is 0. The minimum Gasteiger partial charge on any atom is -0.329 e. The van der Waals surface area contributed by atoms with Crippen LogP contribution in [0.15, 0.2) is 0 Å². The normalized spacial score (nSPS) is 45.8. The predicted molar refractivity (Wildman–Crippen MR) is 75.6 cm³/mol. The lowest BCUT2D eigenvalue weighted by molar-refractivity contribution is -0.00735. The largest absolute Gasteiger partial charge is 0.329 e. The Kier molecular flexibility index (Phi) is 3.41. The van der Waals surface area contributed by atoms with Gasteiger partial charge < -0.3 is 10.6 Å². The quantitative estimate of drug-likeness (QED) is 0.830. The number of likely N-dealkylation sites (tertiary alicyclic amines) is 1. The predicted octanol–water partition coefficient (Wildman–Crippen LogP) is 1.81. The standard InChI is InChI=1S/C15H29N3/c1-3-12-5-4-8-18(12)15(11-16)9-13-6-7-14(10-15)17(13)2/h12-14H,3-11,16H2,1-2H3. The number of hydrogen-bond acceptors (Lipinski definition) is 3. The van der Waals surface area contributed by atoms with Gasteiger partial charge in [0.2, 0.25) is 0 Å². The third kappa shape index (κ3) is 1.83. The molecular formula is C15H29N3. The van der Waals surface area contributed by atoms with Gasteiger partial charge in [0.25, 0.3) is 0 Å². The van der Waals surface area contributed by atoms with Gasteiger partial charge in [-0.2, -0.15) is 0 Å². The average molecular weight is 251 g/mol. The van der Waals surface area contributed by atoms with E-state index in [0.717, 1.165) is 24.7 Å². The third-order valence-electron chi connectivity index (χ3n) is 6.05. The summed E-state index contributed by atoms with van der Waals surface area (Å²) in [7, 11) is 2.32. The molecule has 0 aromatic carbocycles. The fourth-order valence-corrected chi connectivity index (χ4v) is 4.95. The van der Waals surface area contributed by atoms with E-state index in [-0.39, 0.29) is 0 Å². The van der Waals surface area contributed by atoms with E-state index in [4.69, 9.17) is 5.73 Å². The van der Waals surface area contributed by atoms with Gasteiger partial charge in [0.05, 0.1) is 0 Å². The van der Waals surface area contributed by atoms with E-state index in [2.05, 4.69) is 23.8 Å². The van der Waals surface area contributed by atoms with Gasteiger partial charge in [0, 0.05) is 30.2 Å². The molecule has 3 aliphatic heterocycles. The number of nitrogens with two attached hydrogens (primary N) is 1. The van der Waals surface area contributed by atoms with Gasteiger partial charge in [0.15, 0.2) is 0 Å². The van der Waals surface area contributed by atoms with Crippen LogP contribution >= 0.6 is 0 Å². The average Bonchev–Trinajstić information content (AvgIpc) is 2.93. The van der Waals surface area contributed by atoms with E-state index in [1.165, 1.54) is 51.5 Å². The molecular weight excluding hydrogens is 222 g/mol. The Bertz CT molecular complexity index is 290. The van der Waals surface area contributed by atoms with Crippen molar-refractivity contribution in [3.8, 4) is 0 Å². The SMILES string of the molecule is CCC1CCCN1C1(CN)CC2CCC(C1)N2C. The van der Waals surface area contributed by atoms with E-state index in [0.29, 0.717) is 5.54 Å². The van der Waals surface area contributed by atoms with Crippen molar-refractivity contribution >= 4 is 0 Å². The highest BCUT2D eigenvalue weighted by atomic mass is 15.3. The van der Waals surface area contributed by atoms with Crippen LogP contribution < -0.4 is 5.73 Å². The Balaban J connectivity index is 1.83. The molecule has 3 nitrogen and oxygen atoms in total. The van der Waals surface area contributed by atoms with Gasteiger partial charge in [0.1, 0.15) is 0 Å². The molecule has 0 aromatic heterocycles. The smallest absolute Gasteiger partial charge is 0.0364 e. The summed E-state index contributed by atoms with van der Waals surface area (Å²) in [6.45, 7) is 4.50. The number of nitrogens with zero attached hydrogens (tertiary/aromatic N) is 2. The zero-order valence-corrected chi connectivity index (χ0v) is 12.1. The maximum absolute atomic E-state index is 6.27. The highest BCUT2D eigenvalue weighted by Gasteiger charge is 2.50. The summed E-state index contributed by atoms with van der Waals surface area (Å²) < 4.78 is 0. The van der Waals surface area contributed by atoms with Crippen LogP contribution in [0.1, 0.15) is 51.9 Å². The maximum Gasteiger partial charge on any atom is 0.0364 e. The van der Waals surface area contributed by atoms with Gasteiger partial charge >= 0.3 is 0 Å². The van der Waals surface area contributed by atoms with E-state index < -0.39 is 0 Å². The molecule has 3 saturated heterocycles. The molecule has 3 aliphatic rings. The highest BCUT2D eigenvalue weighted by molar-refractivity contribution is 5.08. The van der Waals surface area contributed by atoms with Crippen molar-refractivity contribution in [1.82, 2.24) is 9.80 Å². The van der Waals surface area contributed by atoms with Gasteiger partial charge in [-0.25, -0.2) is 0 Å². The zero-order chi connectivity index (χ0) is 12.8. The van der Waals surface area contributed by atoms with Crippen molar-refractivity contribution in [2.24, 2.45) is 5.73 Å². The van der Waals surface area contributed by atoms with Crippen LogP contribution in [0.3, 0.4) is 0 Å². The van der Waals surface area contributed by atoms with E-state index in [9.17, 15) is 0 Å². The molecule has 104 valence electrons. The maximum atomic E-state index is 6.27. The summed E-state index contributed by atoms with van der Waals surface area (Å²) in [5.74, 6) is 0. The number of piperidine rings is 1. The summed E-state index contributed by atoms with van der Waals surface area (Å²) in [5.41, 5.74) is 6.60. The fourth-order valence-electron chi connectivity index (χ4n) is 4.95. The van der Waals surface area contributed by atoms with Crippen molar-refractivity contribution in [2.75, 3.05) is 20.1 Å². The van der Waals surface area contributed by atoms with Gasteiger partial charge in [-0.1, -0.05) is 6.92 Å². The van der Waals surface area contributed by atoms with Crippen molar-refractivity contribution in [2.45, 2.75) is 75.5 Å². The van der Waals surface area contributed by atoms with Crippen LogP contribution in [0, 0.1) is 0 Å². The third-order valence-corrected chi connectivity index (χ3v) is 6.05. The second kappa shape index (κ2) is 4.77. The molecule has 0 amide bonds. The molecule has 2 bridgehead atoms. The van der Waals surface area contributed by atoms with Crippen molar-refractivity contribution < 1.29 is 0 Å². The van der Waals surface area contributed by atoms with Crippen LogP contribution in [0.2, 0.25) is 0 Å². The number of rotatable bonds is 3. The topological polar surface area (TPSA) is 32.5 Å². The van der Waals surface area contributed by atoms with Gasteiger partial charge in [-0.15, -0.1) is 0 Å². The minimum atomic E-state index is 0.329. The molecule has 3 atom stereocenters. The lowest BCUT2D eigenvalue weighted by atomic mass is 9.80. The Hall–Kier alpha value is -0.120. The molecule has 3 fully saturated rings. The van der Waals surface area contributed by atoms with E-state index in [1.807, 2.05) is 0 Å².